The molecule has 0 amide bonds. The number of hydrogen-bond acceptors (Lipinski definition) is 6. The van der Waals surface area contributed by atoms with Crippen molar-refractivity contribution < 1.29 is 33.6 Å². The molecule has 6 atom stereocenters. The average Bonchev–Trinajstić information content (AvgIpc) is 3.67. The molecule has 0 aromatic heterocycles. The fraction of sp³-hybridized carbons (Fsp3) is 0.538. The largest absolute Gasteiger partial charge is 0.478 e. The number of carbonyl (C=O) groups excluding carboxylic acids is 1. The molecule has 1 saturated carbocycles. The van der Waals surface area contributed by atoms with Crippen molar-refractivity contribution in [2.75, 3.05) is 13.7 Å². The van der Waals surface area contributed by atoms with Gasteiger partial charge in [0.2, 0.25) is 0 Å². The van der Waals surface area contributed by atoms with E-state index in [9.17, 15) is 9.59 Å². The molecular weight excluding hydrogens is 424 g/mol. The van der Waals surface area contributed by atoms with Crippen molar-refractivity contribution in [3.05, 3.63) is 60.3 Å². The molecular formula is C26H34O7. The molecule has 2 unspecified atom stereocenters. The summed E-state index contributed by atoms with van der Waals surface area (Å²) in [5.41, 5.74) is 0.642. The number of carboxylic acids is 1. The molecule has 1 N–H and O–H groups in total. The molecule has 7 nitrogen and oxygen atoms in total. The van der Waals surface area contributed by atoms with E-state index in [0.717, 1.165) is 18.9 Å². The van der Waals surface area contributed by atoms with Crippen LogP contribution in [0.4, 0.5) is 0 Å². The fourth-order valence-corrected chi connectivity index (χ4v) is 4.79. The van der Waals surface area contributed by atoms with Crippen LogP contribution in [0.15, 0.2) is 60.3 Å². The summed E-state index contributed by atoms with van der Waals surface area (Å²) in [7, 11) is 1.65. The molecule has 2 saturated heterocycles. The average molecular weight is 459 g/mol. The summed E-state index contributed by atoms with van der Waals surface area (Å²) >= 11 is 0. The van der Waals surface area contributed by atoms with E-state index in [-0.39, 0.29) is 35.4 Å². The number of methoxy groups -OCH3 is 1. The Morgan fingerprint density at radius 3 is 2.30 bits per heavy atom. The van der Waals surface area contributed by atoms with Crippen molar-refractivity contribution in [2.45, 2.75) is 69.5 Å². The van der Waals surface area contributed by atoms with Crippen molar-refractivity contribution in [3.8, 4) is 0 Å². The maximum atomic E-state index is 12.4. The Morgan fingerprint density at radius 1 is 1.09 bits per heavy atom. The summed E-state index contributed by atoms with van der Waals surface area (Å²) in [4.78, 5) is 22.8. The Kier molecular flexibility index (Phi) is 8.10. The van der Waals surface area contributed by atoms with Gasteiger partial charge in [-0.25, -0.2) is 9.59 Å². The van der Waals surface area contributed by atoms with E-state index in [1.165, 1.54) is 17.7 Å². The predicted octanol–water partition coefficient (Wildman–Crippen LogP) is 3.92. The monoisotopic (exact) mass is 458 g/mol. The minimum absolute atomic E-state index is 0.00928. The summed E-state index contributed by atoms with van der Waals surface area (Å²) in [6, 6.07) is 0. The Balaban J connectivity index is 1.59. The molecule has 7 heteroatoms. The Labute approximate surface area is 195 Å². The minimum Gasteiger partial charge on any atom is -0.478 e. The molecule has 0 aromatic rings. The molecule has 2 aliphatic heterocycles. The third-order valence-electron chi connectivity index (χ3n) is 6.53. The molecule has 1 spiro atoms. The first-order valence-corrected chi connectivity index (χ1v) is 11.3. The van der Waals surface area contributed by atoms with Crippen LogP contribution in [-0.4, -0.2) is 60.3 Å². The Hall–Kier alpha value is -2.48. The highest BCUT2D eigenvalue weighted by atomic mass is 16.6. The number of rotatable bonds is 10. The molecule has 3 fully saturated rings. The standard InChI is InChI=1S/C26H34O7/c1-18(2)13-14-20-25(3,33-20)24-23(30-4)19(15-16-26(24)17-31-26)32-22(29)12-10-8-6-5-7-9-11-21(27)28/h5-13,19-20,23-24H,14-17H2,1-4H3,(H,27,28)/b7-5+,8-6+,11-9+,12-10+/t19-,20-,23-,24?,25?,26+/m1/s1. The third-order valence-corrected chi connectivity index (χ3v) is 6.53. The van der Waals surface area contributed by atoms with Crippen molar-refractivity contribution in [3.63, 3.8) is 0 Å². The van der Waals surface area contributed by atoms with Gasteiger partial charge in [0.1, 0.15) is 23.4 Å². The molecule has 2 heterocycles. The number of aliphatic carboxylic acids is 1. The smallest absolute Gasteiger partial charge is 0.331 e. The molecule has 0 bridgehead atoms. The topological polar surface area (TPSA) is 97.9 Å². The first kappa shape index (κ1) is 25.1. The molecule has 0 radical (unpaired) electrons. The van der Waals surface area contributed by atoms with Gasteiger partial charge >= 0.3 is 11.9 Å². The lowest BCUT2D eigenvalue weighted by Crippen LogP contribution is -2.55. The molecule has 3 rings (SSSR count). The highest BCUT2D eigenvalue weighted by Gasteiger charge is 2.72. The first-order chi connectivity index (χ1) is 15.7. The number of carbonyl (C=O) groups is 2. The summed E-state index contributed by atoms with van der Waals surface area (Å²) in [5, 5.41) is 8.51. The van der Waals surface area contributed by atoms with Crippen LogP contribution in [0.5, 0.6) is 0 Å². The second-order valence-corrected chi connectivity index (χ2v) is 9.18. The molecule has 3 aliphatic rings. The van der Waals surface area contributed by atoms with Crippen molar-refractivity contribution in [2.24, 2.45) is 5.92 Å². The SMILES string of the molecule is CO[C@H]1C(C2(C)O[C@@H]2CC=C(C)C)[C@]2(CC[C@H]1OC(=O)/C=C/C=C/C=C/C=C/C(=O)O)CO2. The number of carboxylic acid groups (broad SMARTS) is 1. The van der Waals surface area contributed by atoms with Crippen molar-refractivity contribution in [1.82, 2.24) is 0 Å². The van der Waals surface area contributed by atoms with E-state index in [4.69, 9.17) is 24.1 Å². The summed E-state index contributed by atoms with van der Waals surface area (Å²) in [6.45, 7) is 6.96. The van der Waals surface area contributed by atoms with Crippen LogP contribution in [0.2, 0.25) is 0 Å². The van der Waals surface area contributed by atoms with Crippen LogP contribution >= 0.6 is 0 Å². The van der Waals surface area contributed by atoms with Crippen LogP contribution < -0.4 is 0 Å². The van der Waals surface area contributed by atoms with Gasteiger partial charge in [0.25, 0.3) is 0 Å². The molecule has 0 aromatic carbocycles. The van der Waals surface area contributed by atoms with Crippen LogP contribution in [0.1, 0.15) is 40.0 Å². The highest BCUT2D eigenvalue weighted by Crippen LogP contribution is 2.59. The number of allylic oxidation sites excluding steroid dienone is 7. The van der Waals surface area contributed by atoms with E-state index < -0.39 is 11.9 Å². The zero-order chi connectivity index (χ0) is 24.1. The van der Waals surface area contributed by atoms with E-state index >= 15 is 0 Å². The number of esters is 1. The van der Waals surface area contributed by atoms with Crippen LogP contribution in [0.25, 0.3) is 0 Å². The van der Waals surface area contributed by atoms with E-state index in [1.54, 1.807) is 37.5 Å². The van der Waals surface area contributed by atoms with Gasteiger partial charge in [-0.05, 0) is 40.0 Å². The van der Waals surface area contributed by atoms with Crippen molar-refractivity contribution >= 4 is 11.9 Å². The lowest BCUT2D eigenvalue weighted by atomic mass is 9.68. The number of hydrogen-bond donors (Lipinski definition) is 1. The number of epoxide rings is 2. The fourth-order valence-electron chi connectivity index (χ4n) is 4.79. The second kappa shape index (κ2) is 10.6. The van der Waals surface area contributed by atoms with Gasteiger partial charge in [0.15, 0.2) is 0 Å². The van der Waals surface area contributed by atoms with Gasteiger partial charge in [-0.15, -0.1) is 0 Å². The lowest BCUT2D eigenvalue weighted by Gasteiger charge is -2.42. The van der Waals surface area contributed by atoms with Gasteiger partial charge < -0.3 is 24.1 Å². The van der Waals surface area contributed by atoms with Crippen LogP contribution in [0.3, 0.4) is 0 Å². The summed E-state index contributed by atoms with van der Waals surface area (Å²) < 4.78 is 23.8. The quantitative estimate of drug-likeness (QED) is 0.174. The lowest BCUT2D eigenvalue weighted by molar-refractivity contribution is -0.166. The first-order valence-electron chi connectivity index (χ1n) is 11.3. The van der Waals surface area contributed by atoms with Crippen LogP contribution in [-0.2, 0) is 28.5 Å². The van der Waals surface area contributed by atoms with E-state index in [2.05, 4.69) is 26.8 Å². The second-order valence-electron chi connectivity index (χ2n) is 9.18. The molecule has 33 heavy (non-hydrogen) atoms. The number of ether oxygens (including phenoxy) is 4. The maximum absolute atomic E-state index is 12.4. The highest BCUT2D eigenvalue weighted by molar-refractivity contribution is 5.82. The van der Waals surface area contributed by atoms with Gasteiger partial charge in [-0.2, -0.15) is 0 Å². The van der Waals surface area contributed by atoms with Gasteiger partial charge in [0, 0.05) is 19.3 Å². The molecule has 180 valence electrons. The Bertz CT molecular complexity index is 873. The zero-order valence-electron chi connectivity index (χ0n) is 19.7. The normalized spacial score (nSPS) is 35.6. The van der Waals surface area contributed by atoms with Crippen molar-refractivity contribution in [1.29, 1.82) is 0 Å². The van der Waals surface area contributed by atoms with E-state index in [1.807, 2.05) is 0 Å². The summed E-state index contributed by atoms with van der Waals surface area (Å²) in [5.74, 6) is -1.45. The minimum atomic E-state index is -1.00. The Morgan fingerprint density at radius 2 is 1.73 bits per heavy atom. The van der Waals surface area contributed by atoms with Crippen LogP contribution in [0, 0.1) is 5.92 Å². The zero-order valence-corrected chi connectivity index (χ0v) is 19.7. The predicted molar refractivity (Wildman–Crippen MR) is 124 cm³/mol. The van der Waals surface area contributed by atoms with Gasteiger partial charge in [0.05, 0.1) is 18.6 Å². The summed E-state index contributed by atoms with van der Waals surface area (Å²) in [6.07, 6.45) is 16.0. The maximum Gasteiger partial charge on any atom is 0.331 e. The van der Waals surface area contributed by atoms with Gasteiger partial charge in [-0.3, -0.25) is 0 Å². The van der Waals surface area contributed by atoms with Gasteiger partial charge in [-0.1, -0.05) is 48.1 Å². The molecule has 1 aliphatic carbocycles. The third kappa shape index (κ3) is 6.31. The van der Waals surface area contributed by atoms with E-state index in [0.29, 0.717) is 13.0 Å².